The Kier molecular flexibility index (Phi) is 5.13. The van der Waals surface area contributed by atoms with Gasteiger partial charge in [-0.3, -0.25) is 4.79 Å². The summed E-state index contributed by atoms with van der Waals surface area (Å²) in [5, 5.41) is 24.4. The predicted molar refractivity (Wildman–Crippen MR) is 114 cm³/mol. The Morgan fingerprint density at radius 3 is 2.80 bits per heavy atom. The number of hydrogen-bond donors (Lipinski definition) is 4. The number of aromatic nitrogens is 1. The molecule has 0 unspecified atom stereocenters. The van der Waals surface area contributed by atoms with Crippen LogP contribution in [0.25, 0.3) is 21.9 Å². The van der Waals surface area contributed by atoms with Crippen LogP contribution in [0.4, 0.5) is 0 Å². The molecule has 154 valence electrons. The Balaban J connectivity index is 1.47. The third-order valence-corrected chi connectivity index (χ3v) is 5.43. The molecule has 0 spiro atoms. The minimum atomic E-state index is -0.720. The first kappa shape index (κ1) is 19.8. The predicted octanol–water partition coefficient (Wildman–Crippen LogP) is 3.55. The maximum Gasteiger partial charge on any atom is 0.340 e. The zero-order chi connectivity index (χ0) is 21.4. The molecule has 30 heavy (non-hydrogen) atoms. The first-order valence-electron chi connectivity index (χ1n) is 9.34. The number of aryl methyl sites for hydroxylation is 1. The van der Waals surface area contributed by atoms with Crippen molar-refractivity contribution in [3.8, 4) is 11.5 Å². The van der Waals surface area contributed by atoms with E-state index >= 15 is 0 Å². The highest BCUT2D eigenvalue weighted by Crippen LogP contribution is 2.34. The van der Waals surface area contributed by atoms with Gasteiger partial charge >= 0.3 is 5.63 Å². The van der Waals surface area contributed by atoms with Crippen molar-refractivity contribution in [3.05, 3.63) is 68.7 Å². The van der Waals surface area contributed by atoms with E-state index in [0.29, 0.717) is 28.9 Å². The lowest BCUT2D eigenvalue weighted by Gasteiger charge is -2.10. The lowest BCUT2D eigenvalue weighted by atomic mass is 10.0. The standard InChI is InChI=1S/C22H19ClN2O5/c1-11-14-3-5-18(26)20(28)21(14)30-22(29)15(11)9-19(27)24-7-6-12-10-25-17-4-2-13(23)8-16(12)17/h2-5,8,10,25-26,28H,6-7,9H2,1H3,(H,24,27). The number of halogens is 1. The molecule has 7 nitrogen and oxygen atoms in total. The first-order chi connectivity index (χ1) is 14.3. The SMILES string of the molecule is Cc1c(CC(=O)NCCc2c[nH]c3ccc(Cl)cc23)c(=O)oc2c(O)c(O)ccc12. The second-order valence-corrected chi connectivity index (χ2v) is 7.52. The van der Waals surface area contributed by atoms with E-state index in [1.807, 2.05) is 24.4 Å². The lowest BCUT2D eigenvalue weighted by molar-refractivity contribution is -0.120. The Hall–Kier alpha value is -3.45. The average Bonchev–Trinajstić information content (AvgIpc) is 3.10. The molecule has 2 aromatic heterocycles. The highest BCUT2D eigenvalue weighted by atomic mass is 35.5. The quantitative estimate of drug-likeness (QED) is 0.288. The summed E-state index contributed by atoms with van der Waals surface area (Å²) in [7, 11) is 0. The molecule has 0 radical (unpaired) electrons. The minimum Gasteiger partial charge on any atom is -0.504 e. The number of aromatic hydroxyl groups is 2. The van der Waals surface area contributed by atoms with Crippen molar-refractivity contribution in [2.24, 2.45) is 0 Å². The molecule has 0 aliphatic heterocycles. The number of benzene rings is 2. The number of H-pyrrole nitrogens is 1. The summed E-state index contributed by atoms with van der Waals surface area (Å²) in [6, 6.07) is 8.43. The molecule has 0 fully saturated rings. The molecule has 1 amide bonds. The molecule has 0 saturated carbocycles. The van der Waals surface area contributed by atoms with E-state index in [4.69, 9.17) is 16.0 Å². The maximum absolute atomic E-state index is 12.4. The molecule has 0 aliphatic carbocycles. The number of rotatable bonds is 5. The summed E-state index contributed by atoms with van der Waals surface area (Å²) in [4.78, 5) is 27.9. The number of nitrogens with one attached hydrogen (secondary N) is 2. The van der Waals surface area contributed by atoms with Crippen LogP contribution in [0.15, 0.2) is 45.7 Å². The van der Waals surface area contributed by atoms with Gasteiger partial charge in [-0.05, 0) is 54.8 Å². The van der Waals surface area contributed by atoms with E-state index in [9.17, 15) is 19.8 Å². The van der Waals surface area contributed by atoms with E-state index in [-0.39, 0.29) is 29.2 Å². The smallest absolute Gasteiger partial charge is 0.340 e. The van der Waals surface area contributed by atoms with E-state index in [2.05, 4.69) is 10.3 Å². The second-order valence-electron chi connectivity index (χ2n) is 7.08. The first-order valence-corrected chi connectivity index (χ1v) is 9.72. The molecule has 2 heterocycles. The number of fused-ring (bicyclic) bond motifs is 2. The summed E-state index contributed by atoms with van der Waals surface area (Å²) in [5.74, 6) is -1.19. The van der Waals surface area contributed by atoms with Crippen LogP contribution in [0.1, 0.15) is 16.7 Å². The molecule has 8 heteroatoms. The van der Waals surface area contributed by atoms with Crippen LogP contribution in [0.5, 0.6) is 11.5 Å². The summed E-state index contributed by atoms with van der Waals surface area (Å²) in [5.41, 5.74) is 1.92. The second kappa shape index (κ2) is 7.76. The van der Waals surface area contributed by atoms with E-state index in [0.717, 1.165) is 16.5 Å². The fourth-order valence-electron chi connectivity index (χ4n) is 3.55. The topological polar surface area (TPSA) is 116 Å². The van der Waals surface area contributed by atoms with Crippen LogP contribution >= 0.6 is 11.6 Å². The molecule has 0 bridgehead atoms. The average molecular weight is 427 g/mol. The Morgan fingerprint density at radius 2 is 2.00 bits per heavy atom. The van der Waals surface area contributed by atoms with Crippen LogP contribution < -0.4 is 10.9 Å². The van der Waals surface area contributed by atoms with Crippen LogP contribution in [0.2, 0.25) is 5.02 Å². The summed E-state index contributed by atoms with van der Waals surface area (Å²) < 4.78 is 5.15. The Labute approximate surface area is 175 Å². The van der Waals surface area contributed by atoms with Crippen molar-refractivity contribution in [3.63, 3.8) is 0 Å². The molecule has 2 aromatic carbocycles. The summed E-state index contributed by atoms with van der Waals surface area (Å²) in [6.07, 6.45) is 2.34. The van der Waals surface area contributed by atoms with Gasteiger partial charge in [-0.15, -0.1) is 0 Å². The fraction of sp³-hybridized carbons (Fsp3) is 0.182. The van der Waals surface area contributed by atoms with Gasteiger partial charge in [0.05, 0.1) is 12.0 Å². The van der Waals surface area contributed by atoms with Gasteiger partial charge < -0.3 is 24.9 Å². The summed E-state index contributed by atoms with van der Waals surface area (Å²) >= 11 is 6.06. The van der Waals surface area contributed by atoms with Crippen molar-refractivity contribution in [2.45, 2.75) is 19.8 Å². The van der Waals surface area contributed by atoms with E-state index < -0.39 is 11.4 Å². The fourth-order valence-corrected chi connectivity index (χ4v) is 3.72. The lowest BCUT2D eigenvalue weighted by Crippen LogP contribution is -2.29. The maximum atomic E-state index is 12.4. The van der Waals surface area contributed by atoms with Crippen LogP contribution in [-0.4, -0.2) is 27.6 Å². The van der Waals surface area contributed by atoms with Crippen LogP contribution in [0, 0.1) is 6.92 Å². The number of phenols is 2. The largest absolute Gasteiger partial charge is 0.504 e. The Bertz CT molecular complexity index is 1340. The van der Waals surface area contributed by atoms with Gasteiger partial charge in [0.25, 0.3) is 0 Å². The number of carbonyl (C=O) groups excluding carboxylic acids is 1. The van der Waals surface area contributed by atoms with Crippen LogP contribution in [-0.2, 0) is 17.6 Å². The number of carbonyl (C=O) groups is 1. The number of amides is 1. The van der Waals surface area contributed by atoms with E-state index in [1.54, 1.807) is 6.92 Å². The highest BCUT2D eigenvalue weighted by Gasteiger charge is 2.18. The molecular formula is C22H19ClN2O5. The van der Waals surface area contributed by atoms with Gasteiger partial charge in [0.2, 0.25) is 11.7 Å². The van der Waals surface area contributed by atoms with E-state index in [1.165, 1.54) is 12.1 Å². The van der Waals surface area contributed by atoms with Crippen molar-refractivity contribution < 1.29 is 19.4 Å². The Morgan fingerprint density at radius 1 is 1.20 bits per heavy atom. The zero-order valence-electron chi connectivity index (χ0n) is 16.1. The molecule has 0 aliphatic rings. The zero-order valence-corrected chi connectivity index (χ0v) is 16.8. The number of aromatic amines is 1. The molecule has 4 rings (SSSR count). The minimum absolute atomic E-state index is 0.0975. The molecule has 4 N–H and O–H groups in total. The van der Waals surface area contributed by atoms with Gasteiger partial charge in [0.15, 0.2) is 11.3 Å². The molecule has 4 aromatic rings. The third kappa shape index (κ3) is 3.59. The third-order valence-electron chi connectivity index (χ3n) is 5.19. The van der Waals surface area contributed by atoms with Gasteiger partial charge in [-0.2, -0.15) is 0 Å². The monoisotopic (exact) mass is 426 g/mol. The van der Waals surface area contributed by atoms with Gasteiger partial charge in [0, 0.05) is 34.1 Å². The summed E-state index contributed by atoms with van der Waals surface area (Å²) in [6.45, 7) is 2.07. The van der Waals surface area contributed by atoms with Crippen molar-refractivity contribution in [1.82, 2.24) is 10.3 Å². The van der Waals surface area contributed by atoms with Crippen LogP contribution in [0.3, 0.4) is 0 Å². The highest BCUT2D eigenvalue weighted by molar-refractivity contribution is 6.31. The van der Waals surface area contributed by atoms with Crippen molar-refractivity contribution in [2.75, 3.05) is 6.54 Å². The van der Waals surface area contributed by atoms with Crippen molar-refractivity contribution in [1.29, 1.82) is 0 Å². The molecule has 0 atom stereocenters. The molecule has 0 saturated heterocycles. The van der Waals surface area contributed by atoms with Gasteiger partial charge in [-0.25, -0.2) is 4.79 Å². The van der Waals surface area contributed by atoms with Crippen molar-refractivity contribution >= 4 is 39.4 Å². The van der Waals surface area contributed by atoms with Gasteiger partial charge in [0.1, 0.15) is 0 Å². The molecular weight excluding hydrogens is 408 g/mol. The number of phenolic OH excluding ortho intramolecular Hbond substituents is 2. The number of hydrogen-bond acceptors (Lipinski definition) is 5. The normalized spacial score (nSPS) is 11.3. The van der Waals surface area contributed by atoms with Gasteiger partial charge in [-0.1, -0.05) is 11.6 Å².